The minimum absolute atomic E-state index is 0.704. The standard InChI is InChI=1S/C8H18S4Se2/c9-1-3-13-7(5-11)8(6-12)14-4-2-10/h7-12H,1-6H2. The maximum atomic E-state index is 4.45. The van der Waals surface area contributed by atoms with Crippen LogP contribution in [0.4, 0.5) is 0 Å². The fourth-order valence-electron chi connectivity index (χ4n) is 0.963. The van der Waals surface area contributed by atoms with Gasteiger partial charge in [-0.1, -0.05) is 0 Å². The predicted octanol–water partition coefficient (Wildman–Crippen LogP) is 2.53. The van der Waals surface area contributed by atoms with Crippen molar-refractivity contribution in [3.05, 3.63) is 0 Å². The summed E-state index contributed by atoms with van der Waals surface area (Å²) in [5, 5.41) is 2.53. The van der Waals surface area contributed by atoms with E-state index in [9.17, 15) is 0 Å². The first-order chi connectivity index (χ1) is 6.79. The van der Waals surface area contributed by atoms with Gasteiger partial charge in [0.15, 0.2) is 0 Å². The number of rotatable bonds is 9. The van der Waals surface area contributed by atoms with E-state index in [0.29, 0.717) is 29.9 Å². The van der Waals surface area contributed by atoms with Crippen molar-refractivity contribution in [3.8, 4) is 0 Å². The Balaban J connectivity index is 3.87. The van der Waals surface area contributed by atoms with Crippen molar-refractivity contribution in [2.75, 3.05) is 23.0 Å². The fraction of sp³-hybridized carbons (Fsp3) is 1.00. The molecule has 0 rings (SSSR count). The third-order valence-corrected chi connectivity index (χ3v) is 11.9. The van der Waals surface area contributed by atoms with Gasteiger partial charge in [0.1, 0.15) is 0 Å². The van der Waals surface area contributed by atoms with Gasteiger partial charge in [0, 0.05) is 0 Å². The van der Waals surface area contributed by atoms with E-state index in [1.54, 1.807) is 0 Å². The van der Waals surface area contributed by atoms with Crippen LogP contribution in [-0.2, 0) is 0 Å². The molecule has 0 amide bonds. The summed E-state index contributed by atoms with van der Waals surface area (Å²) >= 11 is 18.8. The van der Waals surface area contributed by atoms with E-state index in [2.05, 4.69) is 50.5 Å². The molecule has 0 aliphatic carbocycles. The minimum atomic E-state index is 0.704. The molecule has 0 aromatic rings. The molecule has 0 saturated heterocycles. The van der Waals surface area contributed by atoms with Crippen molar-refractivity contribution >= 4 is 80.4 Å². The van der Waals surface area contributed by atoms with Crippen LogP contribution in [0.2, 0.25) is 20.3 Å². The van der Waals surface area contributed by atoms with Crippen LogP contribution < -0.4 is 0 Å². The summed E-state index contributed by atoms with van der Waals surface area (Å²) in [5.74, 6) is 4.08. The molecule has 14 heavy (non-hydrogen) atoms. The summed E-state index contributed by atoms with van der Waals surface area (Å²) in [6, 6.07) is 0. The molecular weight excluding hydrogens is 382 g/mol. The maximum absolute atomic E-state index is 4.45. The van der Waals surface area contributed by atoms with Crippen LogP contribution in [-0.4, -0.2) is 52.9 Å². The average molecular weight is 400 g/mol. The zero-order chi connectivity index (χ0) is 10.8. The molecule has 0 aromatic heterocycles. The van der Waals surface area contributed by atoms with Crippen LogP contribution in [0, 0.1) is 0 Å². The third-order valence-electron chi connectivity index (χ3n) is 1.62. The van der Waals surface area contributed by atoms with Gasteiger partial charge in [-0.05, 0) is 0 Å². The van der Waals surface area contributed by atoms with E-state index < -0.39 is 0 Å². The van der Waals surface area contributed by atoms with Crippen molar-refractivity contribution < 1.29 is 0 Å². The van der Waals surface area contributed by atoms with Crippen LogP contribution >= 0.6 is 50.5 Å². The number of hydrogen-bond donors (Lipinski definition) is 4. The van der Waals surface area contributed by atoms with Gasteiger partial charge in [-0.15, -0.1) is 0 Å². The zero-order valence-electron chi connectivity index (χ0n) is 8.00. The summed E-state index contributed by atoms with van der Waals surface area (Å²) < 4.78 is 0. The first-order valence-corrected chi connectivity index (χ1v) is 11.4. The van der Waals surface area contributed by atoms with E-state index in [-0.39, 0.29) is 0 Å². The van der Waals surface area contributed by atoms with Gasteiger partial charge in [0.25, 0.3) is 0 Å². The van der Waals surface area contributed by atoms with Gasteiger partial charge >= 0.3 is 124 Å². The Labute approximate surface area is 122 Å². The Kier molecular flexibility index (Phi) is 14.0. The Bertz CT molecular complexity index is 112. The average Bonchev–Trinajstić information content (AvgIpc) is 2.23. The molecule has 2 unspecified atom stereocenters. The van der Waals surface area contributed by atoms with Crippen molar-refractivity contribution in [2.24, 2.45) is 0 Å². The SMILES string of the molecule is SCC[Se]C(CS)C(CS)[Se]CCS. The van der Waals surface area contributed by atoms with Crippen LogP contribution in [0.25, 0.3) is 0 Å². The molecule has 0 aliphatic heterocycles. The molecule has 86 valence electrons. The van der Waals surface area contributed by atoms with E-state index in [4.69, 9.17) is 0 Å². The third kappa shape index (κ3) is 7.67. The summed E-state index contributed by atoms with van der Waals surface area (Å²) in [4.78, 5) is 1.60. The van der Waals surface area contributed by atoms with Crippen LogP contribution in [0.3, 0.4) is 0 Å². The second-order valence-corrected chi connectivity index (χ2v) is 9.91. The number of thiol groups is 4. The van der Waals surface area contributed by atoms with E-state index >= 15 is 0 Å². The van der Waals surface area contributed by atoms with Gasteiger partial charge in [-0.25, -0.2) is 0 Å². The topological polar surface area (TPSA) is 0 Å². The fourth-order valence-corrected chi connectivity index (χ4v) is 9.48. The molecule has 0 spiro atoms. The Morgan fingerprint density at radius 1 is 0.714 bits per heavy atom. The normalized spacial score (nSPS) is 15.4. The molecule has 6 heteroatoms. The van der Waals surface area contributed by atoms with Crippen LogP contribution in [0.5, 0.6) is 0 Å². The monoisotopic (exact) mass is 402 g/mol. The first kappa shape index (κ1) is 16.4. The molecule has 0 saturated carbocycles. The van der Waals surface area contributed by atoms with Gasteiger partial charge in [-0.3, -0.25) is 0 Å². The molecule has 0 heterocycles. The Morgan fingerprint density at radius 2 is 1.07 bits per heavy atom. The molecule has 0 radical (unpaired) electrons. The van der Waals surface area contributed by atoms with Crippen molar-refractivity contribution in [1.29, 1.82) is 0 Å². The molecule has 0 bridgehead atoms. The van der Waals surface area contributed by atoms with Gasteiger partial charge in [-0.2, -0.15) is 0 Å². The zero-order valence-corrected chi connectivity index (χ0v) is 15.0. The van der Waals surface area contributed by atoms with Crippen molar-refractivity contribution in [1.82, 2.24) is 0 Å². The number of hydrogen-bond acceptors (Lipinski definition) is 4. The van der Waals surface area contributed by atoms with Gasteiger partial charge in [0.2, 0.25) is 0 Å². The molecule has 0 nitrogen and oxygen atoms in total. The van der Waals surface area contributed by atoms with Crippen LogP contribution in [0.1, 0.15) is 0 Å². The molecule has 2 atom stereocenters. The predicted molar refractivity (Wildman–Crippen MR) is 84.0 cm³/mol. The molecule has 0 aromatic carbocycles. The van der Waals surface area contributed by atoms with E-state index in [1.165, 1.54) is 10.6 Å². The first-order valence-electron chi connectivity index (χ1n) is 4.46. The Hall–Kier alpha value is 2.44. The molecular formula is C8H18S4Se2. The van der Waals surface area contributed by atoms with Crippen molar-refractivity contribution in [3.63, 3.8) is 0 Å². The quantitative estimate of drug-likeness (QED) is 0.332. The van der Waals surface area contributed by atoms with Crippen LogP contribution in [0.15, 0.2) is 0 Å². The molecule has 0 aliphatic rings. The van der Waals surface area contributed by atoms with E-state index in [1.807, 2.05) is 0 Å². The summed E-state index contributed by atoms with van der Waals surface area (Å²) in [7, 11) is 0. The second-order valence-electron chi connectivity index (χ2n) is 2.63. The summed E-state index contributed by atoms with van der Waals surface area (Å²) in [5.41, 5.74) is 0. The molecule has 0 N–H and O–H groups in total. The van der Waals surface area contributed by atoms with Gasteiger partial charge < -0.3 is 0 Å². The summed E-state index contributed by atoms with van der Waals surface area (Å²) in [6.45, 7) is 0. The Morgan fingerprint density at radius 3 is 1.29 bits per heavy atom. The summed E-state index contributed by atoms with van der Waals surface area (Å²) in [6.07, 6.45) is 0. The molecule has 0 fully saturated rings. The van der Waals surface area contributed by atoms with Crippen molar-refractivity contribution in [2.45, 2.75) is 20.3 Å². The second kappa shape index (κ2) is 11.9. The van der Waals surface area contributed by atoms with E-state index in [0.717, 1.165) is 32.6 Å². The van der Waals surface area contributed by atoms with Gasteiger partial charge in [0.05, 0.1) is 0 Å².